The van der Waals surface area contributed by atoms with Crippen molar-refractivity contribution in [3.05, 3.63) is 0 Å². The molecule has 0 aliphatic carbocycles. The van der Waals surface area contributed by atoms with E-state index in [1.165, 1.54) is 0 Å². The predicted molar refractivity (Wildman–Crippen MR) is 42.5 cm³/mol. The molecule has 1 rings (SSSR count). The minimum Gasteiger partial charge on any atom is -0.784 e. The molecular weight excluding hydrogens is 235 g/mol. The van der Waals surface area contributed by atoms with E-state index >= 15 is 0 Å². The Bertz CT molecular complexity index is 166. The molecule has 1 radical (unpaired) electrons. The van der Waals surface area contributed by atoms with Crippen molar-refractivity contribution in [3.63, 3.8) is 0 Å². The van der Waals surface area contributed by atoms with E-state index in [0.29, 0.717) is 0 Å². The van der Waals surface area contributed by atoms with Crippen molar-refractivity contribution in [3.8, 4) is 0 Å². The van der Waals surface area contributed by atoms with Crippen LogP contribution >= 0.6 is 0 Å². The van der Waals surface area contributed by atoms with Crippen LogP contribution in [0.15, 0.2) is 0 Å². The predicted octanol–water partition coefficient (Wildman–Crippen LogP) is 0.444. The van der Waals surface area contributed by atoms with Crippen molar-refractivity contribution in [2.45, 2.75) is 31.6 Å². The maximum Gasteiger partial charge on any atom is 0.225 e. The molecule has 1 fully saturated rings. The van der Waals surface area contributed by atoms with Gasteiger partial charge in [-0.2, -0.15) is 0 Å². The summed E-state index contributed by atoms with van der Waals surface area (Å²) in [5, 5.41) is 2.79. The van der Waals surface area contributed by atoms with Crippen LogP contribution in [-0.4, -0.2) is 16.7 Å². The summed E-state index contributed by atoms with van der Waals surface area (Å²) in [6.07, 6.45) is 0. The molecule has 0 spiro atoms. The number of nitrogens with one attached hydrogen (secondary N) is 1. The molecule has 1 heterocycles. The number of hydrogen-bond donors (Lipinski definition) is 1. The van der Waals surface area contributed by atoms with E-state index in [1.54, 1.807) is 0 Å². The second-order valence-electron chi connectivity index (χ2n) is 3.38. The second-order valence-corrected chi connectivity index (χ2v) is 4.43. The normalized spacial score (nSPS) is 30.0. The zero-order valence-corrected chi connectivity index (χ0v) is 10.7. The Hall–Kier alpha value is 0.924. The zero-order chi connectivity index (χ0) is 7.94. The summed E-state index contributed by atoms with van der Waals surface area (Å²) in [4.78, 5) is 10.7. The second kappa shape index (κ2) is 3.76. The standard InChI is InChI=1S/C7H13NOS.Y/c1-4-5(7(2,3)10)8-6(4)9;/h4-5,10H,1-3H3,(H,8,9);/p-1/t4-,5+;/m0./s1. The summed E-state index contributed by atoms with van der Waals surface area (Å²) in [5.74, 6) is 0.232. The minimum atomic E-state index is -0.201. The molecular formula is C7H12NOSY-. The third kappa shape index (κ3) is 2.43. The van der Waals surface area contributed by atoms with Crippen LogP contribution in [0.4, 0.5) is 0 Å². The fraction of sp³-hybridized carbons (Fsp3) is 0.857. The van der Waals surface area contributed by atoms with E-state index in [-0.39, 0.29) is 55.3 Å². The van der Waals surface area contributed by atoms with Crippen molar-refractivity contribution < 1.29 is 37.5 Å². The van der Waals surface area contributed by atoms with Crippen molar-refractivity contribution in [2.75, 3.05) is 0 Å². The fourth-order valence-corrected chi connectivity index (χ4v) is 1.50. The first-order valence-electron chi connectivity index (χ1n) is 3.43. The summed E-state index contributed by atoms with van der Waals surface area (Å²) < 4.78 is -0.201. The molecule has 4 heteroatoms. The molecule has 2 atom stereocenters. The number of carbonyl (C=O) groups excluding carboxylic acids is 1. The van der Waals surface area contributed by atoms with Crippen LogP contribution in [0.1, 0.15) is 20.8 Å². The van der Waals surface area contributed by atoms with Crippen LogP contribution in [0.3, 0.4) is 0 Å². The third-order valence-electron chi connectivity index (χ3n) is 1.96. The summed E-state index contributed by atoms with van der Waals surface area (Å²) in [6, 6.07) is 0.190. The molecule has 2 nitrogen and oxygen atoms in total. The largest absolute Gasteiger partial charge is 0.784 e. The Labute approximate surface area is 98.2 Å². The van der Waals surface area contributed by atoms with E-state index in [1.807, 2.05) is 20.8 Å². The molecule has 11 heavy (non-hydrogen) atoms. The van der Waals surface area contributed by atoms with Gasteiger partial charge in [0.2, 0.25) is 5.91 Å². The molecule has 0 saturated carbocycles. The molecule has 1 aliphatic rings. The molecule has 1 saturated heterocycles. The number of amides is 1. The van der Waals surface area contributed by atoms with Gasteiger partial charge in [-0.05, 0) is 0 Å². The van der Waals surface area contributed by atoms with Gasteiger partial charge < -0.3 is 17.9 Å². The van der Waals surface area contributed by atoms with Crippen molar-refractivity contribution in [2.24, 2.45) is 5.92 Å². The Morgan fingerprint density at radius 2 is 2.00 bits per heavy atom. The summed E-state index contributed by atoms with van der Waals surface area (Å²) in [7, 11) is 0. The third-order valence-corrected chi connectivity index (χ3v) is 2.21. The molecule has 1 N–H and O–H groups in total. The molecule has 1 aliphatic heterocycles. The number of carbonyl (C=O) groups is 1. The van der Waals surface area contributed by atoms with Gasteiger partial charge in [0, 0.05) is 38.8 Å². The molecule has 0 unspecified atom stereocenters. The fourth-order valence-electron chi connectivity index (χ4n) is 1.24. The number of β-lactam (4-membered cyclic amide) rings is 1. The number of hydrogen-bond acceptors (Lipinski definition) is 2. The van der Waals surface area contributed by atoms with Gasteiger partial charge in [0.05, 0.1) is 5.92 Å². The Balaban J connectivity index is 0.000001000. The van der Waals surface area contributed by atoms with Crippen molar-refractivity contribution in [1.82, 2.24) is 5.32 Å². The Morgan fingerprint density at radius 3 is 2.09 bits per heavy atom. The van der Waals surface area contributed by atoms with E-state index < -0.39 is 0 Å². The van der Waals surface area contributed by atoms with E-state index in [9.17, 15) is 4.79 Å². The SMILES string of the molecule is C[C@@H]1C(=O)N[C@H]1C(C)(C)[S-].[Y]. The van der Waals surface area contributed by atoms with E-state index in [0.717, 1.165) is 0 Å². The van der Waals surface area contributed by atoms with E-state index in [4.69, 9.17) is 12.6 Å². The van der Waals surface area contributed by atoms with Gasteiger partial charge in [-0.25, -0.2) is 0 Å². The van der Waals surface area contributed by atoms with Gasteiger partial charge in [0.1, 0.15) is 0 Å². The van der Waals surface area contributed by atoms with Crippen LogP contribution in [0, 0.1) is 5.92 Å². The quantitative estimate of drug-likeness (QED) is 0.538. The van der Waals surface area contributed by atoms with Crippen LogP contribution in [0.25, 0.3) is 0 Å². The average molecular weight is 247 g/mol. The van der Waals surface area contributed by atoms with Crippen LogP contribution in [0.2, 0.25) is 0 Å². The molecule has 0 aromatic carbocycles. The maximum atomic E-state index is 10.7. The Kier molecular flexibility index (Phi) is 4.07. The molecule has 1 amide bonds. The van der Waals surface area contributed by atoms with Gasteiger partial charge in [0.25, 0.3) is 0 Å². The summed E-state index contributed by atoms with van der Waals surface area (Å²) in [5.41, 5.74) is 0. The summed E-state index contributed by atoms with van der Waals surface area (Å²) in [6.45, 7) is 5.84. The van der Waals surface area contributed by atoms with Crippen LogP contribution in [-0.2, 0) is 50.1 Å². The van der Waals surface area contributed by atoms with Crippen molar-refractivity contribution in [1.29, 1.82) is 0 Å². The van der Waals surface area contributed by atoms with Gasteiger partial charge in [-0.1, -0.05) is 20.8 Å². The first-order valence-corrected chi connectivity index (χ1v) is 3.84. The van der Waals surface area contributed by atoms with Gasteiger partial charge in [-0.3, -0.25) is 4.79 Å². The average Bonchev–Trinajstić information content (AvgIpc) is 1.79. The molecule has 0 aromatic heterocycles. The van der Waals surface area contributed by atoms with Crippen LogP contribution in [0.5, 0.6) is 0 Å². The maximum absolute atomic E-state index is 10.7. The molecule has 61 valence electrons. The minimum absolute atomic E-state index is 0. The monoisotopic (exact) mass is 247 g/mol. The zero-order valence-electron chi connectivity index (χ0n) is 7.05. The Morgan fingerprint density at radius 1 is 1.55 bits per heavy atom. The van der Waals surface area contributed by atoms with E-state index in [2.05, 4.69) is 5.32 Å². The molecule has 0 bridgehead atoms. The smallest absolute Gasteiger partial charge is 0.225 e. The topological polar surface area (TPSA) is 29.1 Å². The van der Waals surface area contributed by atoms with Gasteiger partial charge >= 0.3 is 0 Å². The first-order chi connectivity index (χ1) is 4.43. The summed E-state index contributed by atoms with van der Waals surface area (Å²) >= 11 is 5.17. The molecule has 0 aromatic rings. The van der Waals surface area contributed by atoms with Crippen LogP contribution < -0.4 is 5.32 Å². The number of rotatable bonds is 1. The first kappa shape index (κ1) is 11.9. The van der Waals surface area contributed by atoms with Gasteiger partial charge in [0.15, 0.2) is 0 Å². The van der Waals surface area contributed by atoms with Gasteiger partial charge in [-0.15, -0.1) is 4.75 Å². The van der Waals surface area contributed by atoms with Crippen molar-refractivity contribution >= 4 is 18.5 Å².